The third-order valence-corrected chi connectivity index (χ3v) is 3.87. The summed E-state index contributed by atoms with van der Waals surface area (Å²) >= 11 is 1.26. The van der Waals surface area contributed by atoms with E-state index in [4.69, 9.17) is 4.42 Å². The number of amides is 1. The fourth-order valence-corrected chi connectivity index (χ4v) is 2.66. The fourth-order valence-electron chi connectivity index (χ4n) is 2.07. The molecule has 0 saturated heterocycles. The van der Waals surface area contributed by atoms with Crippen LogP contribution in [-0.2, 0) is 4.79 Å². The Kier molecular flexibility index (Phi) is 6.00. The second kappa shape index (κ2) is 7.98. The number of carbonyl (C=O) groups excluding carboxylic acids is 1. The number of benzene rings is 1. The van der Waals surface area contributed by atoms with E-state index in [-0.39, 0.29) is 11.7 Å². The van der Waals surface area contributed by atoms with Gasteiger partial charge in [0, 0.05) is 12.1 Å². The molecule has 0 saturated carbocycles. The Morgan fingerprint density at radius 1 is 1.23 bits per heavy atom. The van der Waals surface area contributed by atoms with Crippen LogP contribution >= 0.6 is 11.8 Å². The number of hydrogen-bond donors (Lipinski definition) is 1. The van der Waals surface area contributed by atoms with E-state index >= 15 is 0 Å². The summed E-state index contributed by atoms with van der Waals surface area (Å²) in [5.41, 5.74) is 3.21. The second-order valence-electron chi connectivity index (χ2n) is 5.24. The van der Waals surface area contributed by atoms with Crippen LogP contribution in [0.3, 0.4) is 0 Å². The number of unbranched alkanes of at least 4 members (excludes halogenated alkanes) is 1. The first kappa shape index (κ1) is 16.5. The Bertz CT molecular complexity index is 620. The lowest BCUT2D eigenvalue weighted by Gasteiger charge is -2.02. The molecule has 0 aliphatic carbocycles. The molecule has 2 aromatic rings. The summed E-state index contributed by atoms with van der Waals surface area (Å²) in [5, 5.41) is 11.3. The minimum atomic E-state index is -0.00963. The highest BCUT2D eigenvalue weighted by Crippen LogP contribution is 2.24. The molecule has 22 heavy (non-hydrogen) atoms. The maximum atomic E-state index is 11.6. The molecule has 0 aliphatic heterocycles. The molecule has 2 rings (SSSR count). The summed E-state index contributed by atoms with van der Waals surface area (Å²) in [6, 6.07) is 6.11. The Morgan fingerprint density at radius 2 is 1.95 bits per heavy atom. The van der Waals surface area contributed by atoms with Crippen molar-refractivity contribution in [1.82, 2.24) is 15.5 Å². The van der Waals surface area contributed by atoms with Crippen molar-refractivity contribution >= 4 is 17.7 Å². The van der Waals surface area contributed by atoms with Crippen LogP contribution in [0.4, 0.5) is 0 Å². The fraction of sp³-hybridized carbons (Fsp3) is 0.438. The Hall–Kier alpha value is -1.82. The molecule has 0 fully saturated rings. The molecule has 5 nitrogen and oxygen atoms in total. The largest absolute Gasteiger partial charge is 0.411 e. The predicted octanol–water partition coefficient (Wildman–Crippen LogP) is 3.36. The zero-order valence-electron chi connectivity index (χ0n) is 13.2. The van der Waals surface area contributed by atoms with Gasteiger partial charge in [0.25, 0.3) is 5.22 Å². The molecule has 1 N–H and O–H groups in total. The summed E-state index contributed by atoms with van der Waals surface area (Å²) in [5.74, 6) is 0.767. The first-order chi connectivity index (χ1) is 10.6. The van der Waals surface area contributed by atoms with Crippen LogP contribution in [0, 0.1) is 13.8 Å². The normalized spacial score (nSPS) is 10.7. The van der Waals surface area contributed by atoms with E-state index in [0.717, 1.165) is 29.5 Å². The van der Waals surface area contributed by atoms with E-state index in [1.54, 1.807) is 0 Å². The van der Waals surface area contributed by atoms with Gasteiger partial charge < -0.3 is 9.73 Å². The smallest absolute Gasteiger partial charge is 0.277 e. The topological polar surface area (TPSA) is 68.0 Å². The molecule has 118 valence electrons. The first-order valence-corrected chi connectivity index (χ1v) is 8.38. The summed E-state index contributed by atoms with van der Waals surface area (Å²) in [6.45, 7) is 6.87. The van der Waals surface area contributed by atoms with Crippen LogP contribution in [-0.4, -0.2) is 28.4 Å². The number of nitrogens with zero attached hydrogens (tertiary/aromatic N) is 2. The first-order valence-electron chi connectivity index (χ1n) is 7.40. The van der Waals surface area contributed by atoms with Gasteiger partial charge in [0.1, 0.15) is 0 Å². The molecular formula is C16H21N3O2S. The van der Waals surface area contributed by atoms with Crippen LogP contribution in [0.2, 0.25) is 0 Å². The van der Waals surface area contributed by atoms with Gasteiger partial charge in [-0.05, 0) is 32.4 Å². The third-order valence-electron chi connectivity index (χ3n) is 3.05. The molecule has 0 atom stereocenters. The molecule has 0 aliphatic rings. The van der Waals surface area contributed by atoms with Gasteiger partial charge in [0.2, 0.25) is 11.8 Å². The quantitative estimate of drug-likeness (QED) is 0.626. The average Bonchev–Trinajstić information content (AvgIpc) is 2.93. The van der Waals surface area contributed by atoms with Crippen molar-refractivity contribution in [2.24, 2.45) is 0 Å². The van der Waals surface area contributed by atoms with Gasteiger partial charge in [-0.1, -0.05) is 42.3 Å². The second-order valence-corrected chi connectivity index (χ2v) is 6.17. The van der Waals surface area contributed by atoms with Crippen molar-refractivity contribution in [3.05, 3.63) is 29.3 Å². The van der Waals surface area contributed by atoms with Gasteiger partial charge in [0.15, 0.2) is 0 Å². The van der Waals surface area contributed by atoms with Crippen molar-refractivity contribution in [1.29, 1.82) is 0 Å². The highest BCUT2D eigenvalue weighted by atomic mass is 32.2. The Balaban J connectivity index is 1.92. The number of hydrogen-bond acceptors (Lipinski definition) is 5. The van der Waals surface area contributed by atoms with Crippen LogP contribution in [0.5, 0.6) is 0 Å². The SMILES string of the molecule is CCCCNC(=O)CSc1nnc(-c2cc(C)cc(C)c2)o1. The maximum Gasteiger partial charge on any atom is 0.277 e. The average molecular weight is 319 g/mol. The lowest BCUT2D eigenvalue weighted by molar-refractivity contribution is -0.118. The van der Waals surface area contributed by atoms with E-state index in [9.17, 15) is 4.79 Å². The van der Waals surface area contributed by atoms with Gasteiger partial charge in [-0.25, -0.2) is 0 Å². The van der Waals surface area contributed by atoms with Crippen molar-refractivity contribution in [3.8, 4) is 11.5 Å². The van der Waals surface area contributed by atoms with Gasteiger partial charge in [0.05, 0.1) is 5.75 Å². The lowest BCUT2D eigenvalue weighted by Crippen LogP contribution is -2.25. The number of rotatable bonds is 7. The highest BCUT2D eigenvalue weighted by Gasteiger charge is 2.11. The van der Waals surface area contributed by atoms with Gasteiger partial charge in [-0.3, -0.25) is 4.79 Å². The molecule has 0 unspecified atom stereocenters. The Morgan fingerprint density at radius 3 is 2.64 bits per heavy atom. The van der Waals surface area contributed by atoms with Crippen LogP contribution in [0.1, 0.15) is 30.9 Å². The number of carbonyl (C=O) groups is 1. The summed E-state index contributed by atoms with van der Waals surface area (Å²) in [7, 11) is 0. The van der Waals surface area contributed by atoms with Crippen LogP contribution < -0.4 is 5.32 Å². The van der Waals surface area contributed by atoms with Crippen LogP contribution in [0.15, 0.2) is 27.8 Å². The van der Waals surface area contributed by atoms with Gasteiger partial charge in [-0.2, -0.15) is 0 Å². The maximum absolute atomic E-state index is 11.6. The lowest BCUT2D eigenvalue weighted by atomic mass is 10.1. The molecule has 0 radical (unpaired) electrons. The zero-order chi connectivity index (χ0) is 15.9. The Labute approximate surface area is 134 Å². The molecule has 1 heterocycles. The van der Waals surface area contributed by atoms with E-state index in [1.165, 1.54) is 11.8 Å². The molecule has 0 bridgehead atoms. The molecule has 1 aromatic carbocycles. The van der Waals surface area contributed by atoms with Crippen molar-refractivity contribution in [2.75, 3.05) is 12.3 Å². The highest BCUT2D eigenvalue weighted by molar-refractivity contribution is 7.99. The molecule has 1 amide bonds. The summed E-state index contributed by atoms with van der Waals surface area (Å²) < 4.78 is 5.62. The van der Waals surface area contributed by atoms with Crippen molar-refractivity contribution in [2.45, 2.75) is 38.8 Å². The van der Waals surface area contributed by atoms with Gasteiger partial charge >= 0.3 is 0 Å². The number of aryl methyl sites for hydroxylation is 2. The number of thioether (sulfide) groups is 1. The number of aromatic nitrogens is 2. The number of nitrogens with one attached hydrogen (secondary N) is 1. The van der Waals surface area contributed by atoms with Crippen LogP contribution in [0.25, 0.3) is 11.5 Å². The standard InChI is InChI=1S/C16H21N3O2S/c1-4-5-6-17-14(20)10-22-16-19-18-15(21-16)13-8-11(2)7-12(3)9-13/h7-9H,4-6,10H2,1-3H3,(H,17,20). The van der Waals surface area contributed by atoms with E-state index < -0.39 is 0 Å². The zero-order valence-corrected chi connectivity index (χ0v) is 14.0. The summed E-state index contributed by atoms with van der Waals surface area (Å²) in [4.78, 5) is 11.6. The molecular weight excluding hydrogens is 298 g/mol. The van der Waals surface area contributed by atoms with Crippen molar-refractivity contribution < 1.29 is 9.21 Å². The van der Waals surface area contributed by atoms with Gasteiger partial charge in [-0.15, -0.1) is 10.2 Å². The van der Waals surface area contributed by atoms with E-state index in [1.807, 2.05) is 26.0 Å². The van der Waals surface area contributed by atoms with E-state index in [0.29, 0.717) is 17.7 Å². The third kappa shape index (κ3) is 4.87. The minimum absolute atomic E-state index is 0.00963. The monoisotopic (exact) mass is 319 g/mol. The molecule has 1 aromatic heterocycles. The molecule has 6 heteroatoms. The molecule has 0 spiro atoms. The minimum Gasteiger partial charge on any atom is -0.411 e. The van der Waals surface area contributed by atoms with Crippen molar-refractivity contribution in [3.63, 3.8) is 0 Å². The predicted molar refractivity (Wildman–Crippen MR) is 87.8 cm³/mol. The van der Waals surface area contributed by atoms with E-state index in [2.05, 4.69) is 28.5 Å². The summed E-state index contributed by atoms with van der Waals surface area (Å²) in [6.07, 6.45) is 2.06.